The zero-order valence-electron chi connectivity index (χ0n) is 14.5. The van der Waals surface area contributed by atoms with Gasteiger partial charge in [-0.05, 0) is 61.9 Å². The molecule has 0 aliphatic carbocycles. The third-order valence-electron chi connectivity index (χ3n) is 5.17. The fourth-order valence-corrected chi connectivity index (χ4v) is 3.77. The second kappa shape index (κ2) is 6.71. The Labute approximate surface area is 144 Å². The second-order valence-corrected chi connectivity index (χ2v) is 6.94. The van der Waals surface area contributed by atoms with Crippen LogP contribution in [-0.4, -0.2) is 31.7 Å². The number of rotatable bonds is 3. The molecule has 2 aromatic rings. The number of hydrogen-bond donors (Lipinski definition) is 1. The summed E-state index contributed by atoms with van der Waals surface area (Å²) in [4.78, 5) is 9.40. The first kappa shape index (κ1) is 15.3. The van der Waals surface area contributed by atoms with Gasteiger partial charge in [-0.1, -0.05) is 0 Å². The molecule has 1 aromatic carbocycles. The summed E-state index contributed by atoms with van der Waals surface area (Å²) in [7, 11) is 2.16. The van der Waals surface area contributed by atoms with Crippen LogP contribution >= 0.6 is 0 Å². The van der Waals surface area contributed by atoms with E-state index < -0.39 is 0 Å². The molecule has 0 spiro atoms. The van der Waals surface area contributed by atoms with Crippen LogP contribution in [0.15, 0.2) is 36.5 Å². The summed E-state index contributed by atoms with van der Waals surface area (Å²) in [6.07, 6.45) is 8.37. The Balaban J connectivity index is 1.48. The Bertz CT molecular complexity index is 689. The molecule has 1 aromatic heterocycles. The first-order valence-corrected chi connectivity index (χ1v) is 9.12. The number of anilines is 4. The van der Waals surface area contributed by atoms with Crippen molar-refractivity contribution in [2.45, 2.75) is 32.1 Å². The minimum absolute atomic E-state index is 0.924. The smallest absolute Gasteiger partial charge is 0.132 e. The van der Waals surface area contributed by atoms with E-state index in [0.717, 1.165) is 24.5 Å². The summed E-state index contributed by atoms with van der Waals surface area (Å²) in [6, 6.07) is 10.9. The van der Waals surface area contributed by atoms with Gasteiger partial charge in [0.15, 0.2) is 0 Å². The quantitative estimate of drug-likeness (QED) is 0.918. The lowest BCUT2D eigenvalue weighted by Crippen LogP contribution is -2.29. The van der Waals surface area contributed by atoms with E-state index in [1.165, 1.54) is 55.7 Å². The first-order valence-electron chi connectivity index (χ1n) is 9.12. The highest BCUT2D eigenvalue weighted by atomic mass is 15.1. The molecule has 1 N–H and O–H groups in total. The number of nitrogens with zero attached hydrogens (tertiary/aromatic N) is 3. The molecule has 3 heterocycles. The number of fused-ring (bicyclic) bond motifs is 1. The summed E-state index contributed by atoms with van der Waals surface area (Å²) in [5, 5.41) is 3.45. The van der Waals surface area contributed by atoms with Crippen molar-refractivity contribution in [2.75, 3.05) is 41.8 Å². The maximum Gasteiger partial charge on any atom is 0.132 e. The molecule has 4 heteroatoms. The summed E-state index contributed by atoms with van der Waals surface area (Å²) in [6.45, 7) is 3.50. The monoisotopic (exact) mass is 322 g/mol. The van der Waals surface area contributed by atoms with E-state index in [9.17, 15) is 0 Å². The van der Waals surface area contributed by atoms with Gasteiger partial charge in [0.25, 0.3) is 0 Å². The molecule has 4 nitrogen and oxygen atoms in total. The molecule has 2 aliphatic heterocycles. The van der Waals surface area contributed by atoms with Crippen LogP contribution in [0, 0.1) is 0 Å². The second-order valence-electron chi connectivity index (χ2n) is 6.94. The molecule has 1 fully saturated rings. The molecule has 0 atom stereocenters. The number of pyridine rings is 1. The Morgan fingerprint density at radius 3 is 2.54 bits per heavy atom. The predicted octanol–water partition coefficient (Wildman–Crippen LogP) is 4.20. The minimum Gasteiger partial charge on any atom is -0.374 e. The molecule has 0 radical (unpaired) electrons. The lowest BCUT2D eigenvalue weighted by Gasteiger charge is -2.29. The van der Waals surface area contributed by atoms with Crippen molar-refractivity contribution in [3.63, 3.8) is 0 Å². The van der Waals surface area contributed by atoms with Crippen molar-refractivity contribution in [1.29, 1.82) is 0 Å². The zero-order chi connectivity index (χ0) is 16.4. The van der Waals surface area contributed by atoms with Crippen molar-refractivity contribution < 1.29 is 0 Å². The topological polar surface area (TPSA) is 31.4 Å². The Hall–Kier alpha value is -2.23. The van der Waals surface area contributed by atoms with E-state index in [-0.39, 0.29) is 0 Å². The minimum atomic E-state index is 0.924. The van der Waals surface area contributed by atoms with Crippen molar-refractivity contribution in [2.24, 2.45) is 0 Å². The lowest BCUT2D eigenvalue weighted by atomic mass is 10.0. The van der Waals surface area contributed by atoms with Crippen LogP contribution < -0.4 is 15.1 Å². The van der Waals surface area contributed by atoms with Crippen molar-refractivity contribution in [1.82, 2.24) is 4.98 Å². The molecular weight excluding hydrogens is 296 g/mol. The van der Waals surface area contributed by atoms with E-state index in [1.54, 1.807) is 0 Å². The van der Waals surface area contributed by atoms with Crippen molar-refractivity contribution in [3.8, 4) is 0 Å². The van der Waals surface area contributed by atoms with Crippen LogP contribution in [0.25, 0.3) is 0 Å². The van der Waals surface area contributed by atoms with E-state index >= 15 is 0 Å². The van der Waals surface area contributed by atoms with Gasteiger partial charge >= 0.3 is 0 Å². The molecule has 126 valence electrons. The molecule has 0 unspecified atom stereocenters. The van der Waals surface area contributed by atoms with Crippen LogP contribution in [0.3, 0.4) is 0 Å². The molecular formula is C20H26N4. The summed E-state index contributed by atoms with van der Waals surface area (Å²) in [5.74, 6) is 0.924. The van der Waals surface area contributed by atoms with Gasteiger partial charge in [0.2, 0.25) is 0 Å². The summed E-state index contributed by atoms with van der Waals surface area (Å²) >= 11 is 0. The van der Waals surface area contributed by atoms with Crippen LogP contribution in [0.1, 0.15) is 31.2 Å². The standard InChI is InChI=1S/C20H26N4/c1-23-11-5-6-16-15-21-20(14-19(16)23)22-17-7-9-18(10-8-17)24-12-3-2-4-13-24/h7-10,14-15H,2-6,11-13H2,1H3,(H,21,22). The van der Waals surface area contributed by atoms with Crippen molar-refractivity contribution >= 4 is 22.9 Å². The molecule has 2 aliphatic rings. The lowest BCUT2D eigenvalue weighted by molar-refractivity contribution is 0.578. The van der Waals surface area contributed by atoms with Gasteiger partial charge in [0, 0.05) is 56.0 Å². The van der Waals surface area contributed by atoms with Crippen LogP contribution in [-0.2, 0) is 6.42 Å². The van der Waals surface area contributed by atoms with E-state index in [4.69, 9.17) is 0 Å². The summed E-state index contributed by atoms with van der Waals surface area (Å²) in [5.41, 5.74) is 5.10. The number of benzene rings is 1. The van der Waals surface area contributed by atoms with Crippen LogP contribution in [0.5, 0.6) is 0 Å². The van der Waals surface area contributed by atoms with E-state index in [2.05, 4.69) is 57.5 Å². The number of aromatic nitrogens is 1. The third-order valence-corrected chi connectivity index (χ3v) is 5.17. The highest BCUT2D eigenvalue weighted by molar-refractivity contribution is 5.66. The molecule has 24 heavy (non-hydrogen) atoms. The number of hydrogen-bond acceptors (Lipinski definition) is 4. The molecule has 1 saturated heterocycles. The Kier molecular flexibility index (Phi) is 4.28. The largest absolute Gasteiger partial charge is 0.374 e. The maximum atomic E-state index is 4.59. The van der Waals surface area contributed by atoms with Crippen LogP contribution in [0.4, 0.5) is 22.9 Å². The molecule has 4 rings (SSSR count). The molecule has 0 saturated carbocycles. The normalized spacial score (nSPS) is 17.5. The average Bonchev–Trinajstić information content (AvgIpc) is 2.64. The fourth-order valence-electron chi connectivity index (χ4n) is 3.77. The van der Waals surface area contributed by atoms with Gasteiger partial charge in [0.1, 0.15) is 5.82 Å². The molecule has 0 amide bonds. The van der Waals surface area contributed by atoms with Crippen LogP contribution in [0.2, 0.25) is 0 Å². The third kappa shape index (κ3) is 3.18. The van der Waals surface area contributed by atoms with Gasteiger partial charge < -0.3 is 15.1 Å². The van der Waals surface area contributed by atoms with Gasteiger partial charge in [-0.25, -0.2) is 4.98 Å². The first-order chi connectivity index (χ1) is 11.8. The highest BCUT2D eigenvalue weighted by Crippen LogP contribution is 2.29. The fraction of sp³-hybridized carbons (Fsp3) is 0.450. The zero-order valence-corrected chi connectivity index (χ0v) is 14.5. The van der Waals surface area contributed by atoms with E-state index in [1.807, 2.05) is 6.20 Å². The van der Waals surface area contributed by atoms with Crippen molar-refractivity contribution in [3.05, 3.63) is 42.1 Å². The van der Waals surface area contributed by atoms with Gasteiger partial charge in [-0.2, -0.15) is 0 Å². The van der Waals surface area contributed by atoms with E-state index in [0.29, 0.717) is 0 Å². The van der Waals surface area contributed by atoms with Gasteiger partial charge in [-0.15, -0.1) is 0 Å². The Morgan fingerprint density at radius 1 is 0.958 bits per heavy atom. The number of piperidine rings is 1. The molecule has 0 bridgehead atoms. The maximum absolute atomic E-state index is 4.59. The number of aryl methyl sites for hydroxylation is 1. The summed E-state index contributed by atoms with van der Waals surface area (Å²) < 4.78 is 0. The highest BCUT2D eigenvalue weighted by Gasteiger charge is 2.15. The SMILES string of the molecule is CN1CCCc2cnc(Nc3ccc(N4CCCCC4)cc3)cc21. The average molecular weight is 322 g/mol. The number of nitrogens with one attached hydrogen (secondary N) is 1. The van der Waals surface area contributed by atoms with Gasteiger partial charge in [-0.3, -0.25) is 0 Å². The van der Waals surface area contributed by atoms with Gasteiger partial charge in [0.05, 0.1) is 0 Å². The predicted molar refractivity (Wildman–Crippen MR) is 102 cm³/mol. The Morgan fingerprint density at radius 2 is 1.75 bits per heavy atom.